The van der Waals surface area contributed by atoms with Gasteiger partial charge in [-0.05, 0) is 47.7 Å². The van der Waals surface area contributed by atoms with Crippen LogP contribution in [0.3, 0.4) is 0 Å². The Hall–Kier alpha value is -2.07. The van der Waals surface area contributed by atoms with Gasteiger partial charge in [0.2, 0.25) is 5.91 Å². The highest BCUT2D eigenvalue weighted by Gasteiger charge is 2.32. The fourth-order valence-corrected chi connectivity index (χ4v) is 6.50. The van der Waals surface area contributed by atoms with Gasteiger partial charge in [-0.3, -0.25) is 4.79 Å². The summed E-state index contributed by atoms with van der Waals surface area (Å²) in [6.07, 6.45) is 0.416. The average Bonchev–Trinajstić information content (AvgIpc) is 3.33. The zero-order valence-corrected chi connectivity index (χ0v) is 20.4. The lowest BCUT2D eigenvalue weighted by Crippen LogP contribution is -2.38. The third-order valence-electron chi connectivity index (χ3n) is 5.68. The number of amides is 1. The second-order valence-corrected chi connectivity index (χ2v) is 12.7. The van der Waals surface area contributed by atoms with Gasteiger partial charge < -0.3 is 10.6 Å². The van der Waals surface area contributed by atoms with E-state index in [-0.39, 0.29) is 21.5 Å². The lowest BCUT2D eigenvalue weighted by molar-refractivity contribution is -0.116. The first-order valence-electron chi connectivity index (χ1n) is 10.7. The smallest absolute Gasteiger partial charge is 0.277 e. The molecule has 9 heteroatoms. The number of hydrogen-bond acceptors (Lipinski definition) is 6. The van der Waals surface area contributed by atoms with Crippen LogP contribution in [0.5, 0.6) is 0 Å². The van der Waals surface area contributed by atoms with Crippen molar-refractivity contribution in [2.24, 2.45) is 0 Å². The number of carbonyl (C=O) groups excluding carboxylic acids is 1. The van der Waals surface area contributed by atoms with Gasteiger partial charge >= 0.3 is 0 Å². The maximum atomic E-state index is 13.4. The van der Waals surface area contributed by atoms with Crippen molar-refractivity contribution in [1.29, 1.82) is 0 Å². The van der Waals surface area contributed by atoms with E-state index >= 15 is 0 Å². The highest BCUT2D eigenvalue weighted by Crippen LogP contribution is 2.34. The Labute approximate surface area is 194 Å². The molecule has 0 aliphatic carbocycles. The number of benzene rings is 2. The summed E-state index contributed by atoms with van der Waals surface area (Å²) in [6, 6.07) is 12.5. The van der Waals surface area contributed by atoms with Crippen molar-refractivity contribution in [3.8, 4) is 0 Å². The minimum absolute atomic E-state index is 0.0726. The van der Waals surface area contributed by atoms with Crippen LogP contribution in [0.1, 0.15) is 45.2 Å². The van der Waals surface area contributed by atoms with Gasteiger partial charge in [-0.25, -0.2) is 5.43 Å². The van der Waals surface area contributed by atoms with Crippen molar-refractivity contribution in [3.05, 3.63) is 53.6 Å². The van der Waals surface area contributed by atoms with Gasteiger partial charge in [0.05, 0.1) is 16.0 Å². The highest BCUT2D eigenvalue weighted by molar-refractivity contribution is 8.00. The molecule has 0 bridgehead atoms. The van der Waals surface area contributed by atoms with E-state index in [0.717, 1.165) is 17.7 Å². The number of nitrogens with one attached hydrogen (secondary N) is 3. The first-order valence-corrected chi connectivity index (χ1v) is 13.1. The van der Waals surface area contributed by atoms with Gasteiger partial charge in [0.25, 0.3) is 10.0 Å². The van der Waals surface area contributed by atoms with E-state index in [4.69, 9.17) is 0 Å². The highest BCUT2D eigenvalue weighted by atomic mass is 32.2. The second kappa shape index (κ2) is 8.70. The van der Waals surface area contributed by atoms with E-state index in [0.29, 0.717) is 29.7 Å². The lowest BCUT2D eigenvalue weighted by atomic mass is 9.87. The normalized spacial score (nSPS) is 20.9. The molecule has 32 heavy (non-hydrogen) atoms. The number of fused-ring (bicyclic) bond motifs is 1. The standard InChI is InChI=1S/C23H30N4O3S2/c1-15-24-14-19(31-15)12-22(28)26-18-9-8-16-13-25-27(21(16)11-18)32(29,30)20-7-5-6-17(10-20)23(2,3)4/h5-11,15,19,24-25H,12-14H2,1-4H3,(H,26,28). The first kappa shape index (κ1) is 23.1. The van der Waals surface area contributed by atoms with E-state index in [1.165, 1.54) is 4.41 Å². The quantitative estimate of drug-likeness (QED) is 0.614. The molecular weight excluding hydrogens is 444 g/mol. The predicted molar refractivity (Wildman–Crippen MR) is 130 cm³/mol. The Morgan fingerprint density at radius 3 is 2.69 bits per heavy atom. The molecule has 0 radical (unpaired) electrons. The van der Waals surface area contributed by atoms with Crippen LogP contribution in [0.15, 0.2) is 47.4 Å². The number of thioether (sulfide) groups is 1. The zero-order valence-electron chi connectivity index (χ0n) is 18.8. The van der Waals surface area contributed by atoms with Crippen LogP contribution in [0.25, 0.3) is 0 Å². The molecule has 2 atom stereocenters. The molecule has 172 valence electrons. The molecule has 1 fully saturated rings. The molecule has 3 N–H and O–H groups in total. The third kappa shape index (κ3) is 4.80. The molecule has 7 nitrogen and oxygen atoms in total. The molecular formula is C23H30N4O3S2. The Kier molecular flexibility index (Phi) is 6.28. The number of nitrogens with zero attached hydrogens (tertiary/aromatic N) is 1. The van der Waals surface area contributed by atoms with Crippen LogP contribution in [-0.2, 0) is 26.8 Å². The number of rotatable bonds is 5. The van der Waals surface area contributed by atoms with Crippen molar-refractivity contribution in [2.45, 2.75) is 61.6 Å². The Bertz CT molecular complexity index is 1130. The maximum absolute atomic E-state index is 13.4. The summed E-state index contributed by atoms with van der Waals surface area (Å²) < 4.78 is 28.1. The largest absolute Gasteiger partial charge is 0.326 e. The van der Waals surface area contributed by atoms with Crippen molar-refractivity contribution in [2.75, 3.05) is 16.3 Å². The summed E-state index contributed by atoms with van der Waals surface area (Å²) in [6.45, 7) is 9.47. The fourth-order valence-electron chi connectivity index (χ4n) is 3.89. The summed E-state index contributed by atoms with van der Waals surface area (Å²) >= 11 is 1.76. The van der Waals surface area contributed by atoms with E-state index in [1.54, 1.807) is 36.0 Å². The van der Waals surface area contributed by atoms with Gasteiger partial charge in [0.15, 0.2) is 0 Å². The molecule has 2 heterocycles. The van der Waals surface area contributed by atoms with Gasteiger partial charge in [-0.1, -0.05) is 39.0 Å². The van der Waals surface area contributed by atoms with Crippen LogP contribution in [0, 0.1) is 0 Å². The van der Waals surface area contributed by atoms with E-state index in [9.17, 15) is 13.2 Å². The van der Waals surface area contributed by atoms with Crippen LogP contribution in [0.4, 0.5) is 11.4 Å². The number of sulfonamides is 1. The Balaban J connectivity index is 1.55. The predicted octanol–water partition coefficient (Wildman–Crippen LogP) is 3.58. The van der Waals surface area contributed by atoms with Crippen LogP contribution in [0.2, 0.25) is 0 Å². The number of carbonyl (C=O) groups is 1. The molecule has 4 rings (SSSR count). The fraction of sp³-hybridized carbons (Fsp3) is 0.435. The van der Waals surface area contributed by atoms with E-state index in [2.05, 4.69) is 43.8 Å². The van der Waals surface area contributed by atoms with Crippen molar-refractivity contribution in [1.82, 2.24) is 10.7 Å². The first-order chi connectivity index (χ1) is 15.0. The van der Waals surface area contributed by atoms with Gasteiger partial charge in [-0.2, -0.15) is 12.8 Å². The molecule has 0 saturated carbocycles. The summed E-state index contributed by atoms with van der Waals surface area (Å²) in [5, 5.41) is 6.85. The summed E-state index contributed by atoms with van der Waals surface area (Å²) in [5.74, 6) is -0.0726. The molecule has 0 aromatic heterocycles. The molecule has 2 unspecified atom stereocenters. The summed E-state index contributed by atoms with van der Waals surface area (Å²) in [4.78, 5) is 12.7. The van der Waals surface area contributed by atoms with Crippen molar-refractivity contribution >= 4 is 39.1 Å². The average molecular weight is 475 g/mol. The zero-order chi connectivity index (χ0) is 23.1. The van der Waals surface area contributed by atoms with Gasteiger partial charge in [0, 0.05) is 30.4 Å². The Morgan fingerprint density at radius 1 is 1.22 bits per heavy atom. The SMILES string of the molecule is CC1NCC(CC(=O)Nc2ccc3c(c2)N(S(=O)(=O)c2cccc(C(C)(C)C)c2)NC3)S1. The van der Waals surface area contributed by atoms with Crippen LogP contribution < -0.4 is 20.5 Å². The maximum Gasteiger partial charge on any atom is 0.277 e. The molecule has 2 aliphatic heterocycles. The number of hydrogen-bond donors (Lipinski definition) is 3. The van der Waals surface area contributed by atoms with Gasteiger partial charge in [0.1, 0.15) is 0 Å². The monoisotopic (exact) mass is 474 g/mol. The number of hydrazine groups is 1. The Morgan fingerprint density at radius 2 is 2.00 bits per heavy atom. The molecule has 1 saturated heterocycles. The molecule has 2 aromatic carbocycles. The second-order valence-electron chi connectivity index (χ2n) is 9.29. The number of anilines is 2. The minimum atomic E-state index is -3.81. The lowest BCUT2D eigenvalue weighted by Gasteiger charge is -2.23. The van der Waals surface area contributed by atoms with Gasteiger partial charge in [-0.15, -0.1) is 11.8 Å². The van der Waals surface area contributed by atoms with Crippen molar-refractivity contribution < 1.29 is 13.2 Å². The van der Waals surface area contributed by atoms with Crippen molar-refractivity contribution in [3.63, 3.8) is 0 Å². The summed E-state index contributed by atoms with van der Waals surface area (Å²) in [7, 11) is -3.81. The minimum Gasteiger partial charge on any atom is -0.326 e. The molecule has 2 aromatic rings. The van der Waals surface area contributed by atoms with E-state index < -0.39 is 10.0 Å². The molecule has 0 spiro atoms. The molecule has 1 amide bonds. The summed E-state index contributed by atoms with van der Waals surface area (Å²) in [5.41, 5.74) is 5.76. The van der Waals surface area contributed by atoms with E-state index in [1.807, 2.05) is 18.2 Å². The molecule has 2 aliphatic rings. The third-order valence-corrected chi connectivity index (χ3v) is 8.63. The topological polar surface area (TPSA) is 90.5 Å². The van der Waals surface area contributed by atoms with Crippen LogP contribution >= 0.6 is 11.8 Å². The van der Waals surface area contributed by atoms with Crippen LogP contribution in [-0.4, -0.2) is 31.5 Å².